The van der Waals surface area contributed by atoms with E-state index in [4.69, 9.17) is 0 Å². The van der Waals surface area contributed by atoms with Gasteiger partial charge in [0.05, 0.1) is 0 Å². The number of fused-ring (bicyclic) bond motifs is 4. The Hall–Kier alpha value is -2.08. The van der Waals surface area contributed by atoms with Crippen molar-refractivity contribution in [2.45, 2.75) is 25.2 Å². The maximum atomic E-state index is 2.48. The highest BCUT2D eigenvalue weighted by molar-refractivity contribution is 6.00. The standard InChI is InChI=1S/C22H20/c1-22(14-15-9-10-19(22)11-15)21-8-4-7-18-12-16-5-2-3-6-17(16)13-20(18)21/h2-10,12-13,15,19H,11,14H2,1H3. The van der Waals surface area contributed by atoms with Crippen LogP contribution in [0.3, 0.4) is 0 Å². The molecule has 0 radical (unpaired) electrons. The van der Waals surface area contributed by atoms with Gasteiger partial charge in [0.25, 0.3) is 0 Å². The molecule has 3 aromatic carbocycles. The summed E-state index contributed by atoms with van der Waals surface area (Å²) < 4.78 is 0. The molecule has 2 aliphatic rings. The second kappa shape index (κ2) is 4.23. The van der Waals surface area contributed by atoms with Gasteiger partial charge >= 0.3 is 0 Å². The molecule has 0 heteroatoms. The fraction of sp³-hybridized carbons (Fsp3) is 0.273. The van der Waals surface area contributed by atoms with Gasteiger partial charge in [0, 0.05) is 0 Å². The molecule has 1 fully saturated rings. The summed E-state index contributed by atoms with van der Waals surface area (Å²) in [4.78, 5) is 0. The van der Waals surface area contributed by atoms with Crippen molar-refractivity contribution in [1.29, 1.82) is 0 Å². The fourth-order valence-electron chi connectivity index (χ4n) is 4.87. The van der Waals surface area contributed by atoms with Crippen molar-refractivity contribution in [2.24, 2.45) is 11.8 Å². The molecular weight excluding hydrogens is 264 g/mol. The normalized spacial score (nSPS) is 29.7. The molecule has 5 rings (SSSR count). The van der Waals surface area contributed by atoms with E-state index in [1.807, 2.05) is 0 Å². The van der Waals surface area contributed by atoms with Crippen LogP contribution < -0.4 is 0 Å². The van der Waals surface area contributed by atoms with Gasteiger partial charge in [0.15, 0.2) is 0 Å². The van der Waals surface area contributed by atoms with Crippen molar-refractivity contribution in [3.8, 4) is 0 Å². The van der Waals surface area contributed by atoms with E-state index >= 15 is 0 Å². The molecule has 0 nitrogen and oxygen atoms in total. The summed E-state index contributed by atoms with van der Waals surface area (Å²) in [7, 11) is 0. The highest BCUT2D eigenvalue weighted by Crippen LogP contribution is 2.54. The molecule has 22 heavy (non-hydrogen) atoms. The zero-order chi connectivity index (χ0) is 14.7. The predicted molar refractivity (Wildman–Crippen MR) is 94.2 cm³/mol. The Kier molecular flexibility index (Phi) is 2.39. The SMILES string of the molecule is CC1(c2cccc3cc4ccccc4cc23)CC2C=CC1C2. The molecule has 0 heterocycles. The largest absolute Gasteiger partial charge is 0.0851 e. The van der Waals surface area contributed by atoms with Crippen LogP contribution in [0.5, 0.6) is 0 Å². The van der Waals surface area contributed by atoms with Gasteiger partial charge in [-0.25, -0.2) is 0 Å². The lowest BCUT2D eigenvalue weighted by Gasteiger charge is -2.33. The summed E-state index contributed by atoms with van der Waals surface area (Å²) in [6.45, 7) is 2.48. The van der Waals surface area contributed by atoms with E-state index in [1.165, 1.54) is 34.4 Å². The quantitative estimate of drug-likeness (QED) is 0.388. The van der Waals surface area contributed by atoms with Gasteiger partial charge in [-0.05, 0) is 69.3 Å². The third-order valence-corrected chi connectivity index (χ3v) is 6.04. The highest BCUT2D eigenvalue weighted by Gasteiger charge is 2.46. The molecule has 108 valence electrons. The van der Waals surface area contributed by atoms with Gasteiger partial charge in [-0.15, -0.1) is 0 Å². The second-order valence-corrected chi connectivity index (χ2v) is 7.33. The van der Waals surface area contributed by atoms with Crippen molar-refractivity contribution in [3.63, 3.8) is 0 Å². The van der Waals surface area contributed by atoms with Gasteiger partial charge in [-0.2, -0.15) is 0 Å². The molecule has 3 unspecified atom stereocenters. The van der Waals surface area contributed by atoms with Gasteiger partial charge in [0.1, 0.15) is 0 Å². The molecule has 0 amide bonds. The number of hydrogen-bond acceptors (Lipinski definition) is 0. The average Bonchev–Trinajstić information content (AvgIpc) is 3.13. The first-order valence-electron chi connectivity index (χ1n) is 8.34. The number of benzene rings is 3. The minimum atomic E-state index is 0.307. The van der Waals surface area contributed by atoms with E-state index in [1.54, 1.807) is 5.56 Å². The van der Waals surface area contributed by atoms with Crippen LogP contribution >= 0.6 is 0 Å². The Bertz CT molecular complexity index is 918. The Morgan fingerprint density at radius 1 is 0.864 bits per heavy atom. The van der Waals surface area contributed by atoms with Gasteiger partial charge in [0.2, 0.25) is 0 Å². The molecule has 1 saturated carbocycles. The molecule has 3 atom stereocenters. The zero-order valence-electron chi connectivity index (χ0n) is 12.9. The molecule has 0 aromatic heterocycles. The Morgan fingerprint density at radius 2 is 1.64 bits per heavy atom. The average molecular weight is 284 g/mol. The summed E-state index contributed by atoms with van der Waals surface area (Å²) in [5.74, 6) is 1.51. The van der Waals surface area contributed by atoms with Crippen LogP contribution in [-0.2, 0) is 5.41 Å². The van der Waals surface area contributed by atoms with E-state index < -0.39 is 0 Å². The topological polar surface area (TPSA) is 0 Å². The maximum Gasteiger partial charge on any atom is -0.0000618 e. The lowest BCUT2D eigenvalue weighted by Crippen LogP contribution is -2.27. The minimum Gasteiger partial charge on any atom is -0.0851 e. The summed E-state index contributed by atoms with van der Waals surface area (Å²) in [6.07, 6.45) is 7.56. The minimum absolute atomic E-state index is 0.307. The van der Waals surface area contributed by atoms with Crippen molar-refractivity contribution in [3.05, 3.63) is 72.3 Å². The van der Waals surface area contributed by atoms with E-state index in [0.29, 0.717) is 5.41 Å². The molecule has 0 aliphatic heterocycles. The van der Waals surface area contributed by atoms with Crippen molar-refractivity contribution in [1.82, 2.24) is 0 Å². The number of rotatable bonds is 1. The molecule has 0 saturated heterocycles. The van der Waals surface area contributed by atoms with Gasteiger partial charge < -0.3 is 0 Å². The summed E-state index contributed by atoms with van der Waals surface area (Å²) in [6, 6.07) is 20.3. The predicted octanol–water partition coefficient (Wildman–Crippen LogP) is 5.85. The van der Waals surface area contributed by atoms with Crippen LogP contribution in [0.4, 0.5) is 0 Å². The van der Waals surface area contributed by atoms with E-state index in [0.717, 1.165) is 11.8 Å². The van der Waals surface area contributed by atoms with Crippen LogP contribution in [0.1, 0.15) is 25.3 Å². The van der Waals surface area contributed by atoms with Crippen LogP contribution in [0.15, 0.2) is 66.7 Å². The molecule has 0 N–H and O–H groups in total. The molecular formula is C22H20. The molecule has 3 aromatic rings. The smallest absolute Gasteiger partial charge is 0.0000618 e. The van der Waals surface area contributed by atoms with Crippen LogP contribution in [0.2, 0.25) is 0 Å². The Labute approximate surface area is 131 Å². The number of hydrogen-bond donors (Lipinski definition) is 0. The summed E-state index contributed by atoms with van der Waals surface area (Å²) in [5, 5.41) is 5.52. The van der Waals surface area contributed by atoms with E-state index in [-0.39, 0.29) is 0 Å². The lowest BCUT2D eigenvalue weighted by atomic mass is 9.70. The molecule has 2 bridgehead atoms. The second-order valence-electron chi connectivity index (χ2n) is 7.33. The number of allylic oxidation sites excluding steroid dienone is 2. The lowest BCUT2D eigenvalue weighted by molar-refractivity contribution is 0.399. The van der Waals surface area contributed by atoms with Crippen LogP contribution in [0, 0.1) is 11.8 Å². The Balaban J connectivity index is 1.80. The van der Waals surface area contributed by atoms with Crippen LogP contribution in [-0.4, -0.2) is 0 Å². The van der Waals surface area contributed by atoms with Crippen LogP contribution in [0.25, 0.3) is 21.5 Å². The van der Waals surface area contributed by atoms with Crippen molar-refractivity contribution < 1.29 is 0 Å². The highest BCUT2D eigenvalue weighted by atomic mass is 14.5. The summed E-state index contributed by atoms with van der Waals surface area (Å²) >= 11 is 0. The monoisotopic (exact) mass is 284 g/mol. The fourth-order valence-corrected chi connectivity index (χ4v) is 4.87. The molecule has 0 spiro atoms. The molecule has 2 aliphatic carbocycles. The third kappa shape index (κ3) is 1.58. The van der Waals surface area contributed by atoms with Crippen molar-refractivity contribution >= 4 is 21.5 Å². The third-order valence-electron chi connectivity index (χ3n) is 6.04. The zero-order valence-corrected chi connectivity index (χ0v) is 12.9. The van der Waals surface area contributed by atoms with Gasteiger partial charge in [-0.1, -0.05) is 61.5 Å². The first kappa shape index (κ1) is 12.5. The summed E-state index contributed by atoms with van der Waals surface area (Å²) in [5.41, 5.74) is 1.86. The Morgan fingerprint density at radius 3 is 2.36 bits per heavy atom. The van der Waals surface area contributed by atoms with Gasteiger partial charge in [-0.3, -0.25) is 0 Å². The van der Waals surface area contributed by atoms with E-state index in [2.05, 4.69) is 73.7 Å². The maximum absolute atomic E-state index is 2.48. The van der Waals surface area contributed by atoms with Crippen molar-refractivity contribution in [2.75, 3.05) is 0 Å². The van der Waals surface area contributed by atoms with E-state index in [9.17, 15) is 0 Å². The first-order chi connectivity index (χ1) is 10.7. The first-order valence-corrected chi connectivity index (χ1v) is 8.34.